The van der Waals surface area contributed by atoms with E-state index in [9.17, 15) is 9.18 Å². The van der Waals surface area contributed by atoms with E-state index in [2.05, 4.69) is 11.2 Å². The molecule has 1 aromatic carbocycles. The van der Waals surface area contributed by atoms with E-state index in [1.54, 1.807) is 6.07 Å². The molecule has 0 atom stereocenters. The molecule has 1 rings (SSSR count). The predicted molar refractivity (Wildman–Crippen MR) is 66.5 cm³/mol. The highest BCUT2D eigenvalue weighted by molar-refractivity contribution is 5.77. The fraction of sp³-hybridized carbons (Fsp3) is 0.308. The monoisotopic (exact) mass is 250 g/mol. The van der Waals surface area contributed by atoms with Crippen LogP contribution in [0.3, 0.4) is 0 Å². The first-order chi connectivity index (χ1) is 8.65. The Morgan fingerprint density at radius 1 is 1.50 bits per heavy atom. The minimum Gasteiger partial charge on any atom is -0.484 e. The van der Waals surface area contributed by atoms with Gasteiger partial charge in [0.05, 0.1) is 6.54 Å². The molecule has 0 aromatic heterocycles. The summed E-state index contributed by atoms with van der Waals surface area (Å²) in [5.74, 6) is 1.80. The van der Waals surface area contributed by atoms with Crippen LogP contribution in [-0.2, 0) is 11.2 Å². The zero-order valence-electron chi connectivity index (χ0n) is 9.91. The van der Waals surface area contributed by atoms with E-state index in [1.807, 2.05) is 0 Å². The second kappa shape index (κ2) is 7.30. The maximum absolute atomic E-state index is 13.2. The lowest BCUT2D eigenvalue weighted by Crippen LogP contribution is -2.29. The first kappa shape index (κ1) is 14.0. The minimum atomic E-state index is -0.417. The quantitative estimate of drug-likeness (QED) is 0.721. The Labute approximate surface area is 105 Å². The van der Waals surface area contributed by atoms with Crippen LogP contribution < -0.4 is 15.8 Å². The Kier molecular flexibility index (Phi) is 5.68. The largest absolute Gasteiger partial charge is 0.484 e. The van der Waals surface area contributed by atoms with Gasteiger partial charge in [0.15, 0.2) is 6.61 Å². The molecule has 1 amide bonds. The minimum absolute atomic E-state index is 0.143. The number of halogens is 1. The van der Waals surface area contributed by atoms with Gasteiger partial charge in [0.25, 0.3) is 5.91 Å². The van der Waals surface area contributed by atoms with Gasteiger partial charge in [-0.25, -0.2) is 4.39 Å². The highest BCUT2D eigenvalue weighted by atomic mass is 19.1. The third kappa shape index (κ3) is 4.85. The van der Waals surface area contributed by atoms with Gasteiger partial charge in [-0.05, 0) is 30.7 Å². The van der Waals surface area contributed by atoms with Crippen LogP contribution in [0.1, 0.15) is 5.56 Å². The Balaban J connectivity index is 2.56. The molecule has 1 aromatic rings. The van der Waals surface area contributed by atoms with Crippen molar-refractivity contribution in [1.82, 2.24) is 5.32 Å². The summed E-state index contributed by atoms with van der Waals surface area (Å²) in [7, 11) is 0. The zero-order chi connectivity index (χ0) is 13.4. The lowest BCUT2D eigenvalue weighted by Gasteiger charge is -2.08. The van der Waals surface area contributed by atoms with E-state index in [1.165, 1.54) is 12.1 Å². The second-order valence-corrected chi connectivity index (χ2v) is 3.60. The predicted octanol–water partition coefficient (Wildman–Crippen LogP) is 0.455. The smallest absolute Gasteiger partial charge is 0.258 e. The van der Waals surface area contributed by atoms with Gasteiger partial charge in [-0.2, -0.15) is 0 Å². The number of hydrogen-bond donors (Lipinski definition) is 2. The fourth-order valence-electron chi connectivity index (χ4n) is 1.36. The maximum atomic E-state index is 13.2. The Morgan fingerprint density at radius 2 is 2.28 bits per heavy atom. The molecule has 0 heterocycles. The van der Waals surface area contributed by atoms with Crippen molar-refractivity contribution in [1.29, 1.82) is 0 Å². The summed E-state index contributed by atoms with van der Waals surface area (Å²) in [5.41, 5.74) is 6.12. The summed E-state index contributed by atoms with van der Waals surface area (Å²) in [6.45, 7) is 0.364. The summed E-state index contributed by atoms with van der Waals surface area (Å²) >= 11 is 0. The molecule has 0 unspecified atom stereocenters. The van der Waals surface area contributed by atoms with Crippen molar-refractivity contribution in [3.05, 3.63) is 29.6 Å². The molecule has 3 N–H and O–H groups in total. The number of amides is 1. The Morgan fingerprint density at radius 3 is 2.94 bits per heavy atom. The molecule has 96 valence electrons. The van der Waals surface area contributed by atoms with Crippen molar-refractivity contribution < 1.29 is 13.9 Å². The second-order valence-electron chi connectivity index (χ2n) is 3.60. The third-order valence-electron chi connectivity index (χ3n) is 2.12. The third-order valence-corrected chi connectivity index (χ3v) is 2.12. The van der Waals surface area contributed by atoms with Crippen molar-refractivity contribution in [2.45, 2.75) is 6.42 Å². The number of rotatable bonds is 6. The molecule has 18 heavy (non-hydrogen) atoms. The molecule has 0 fully saturated rings. The number of carbonyl (C=O) groups is 1. The number of benzene rings is 1. The topological polar surface area (TPSA) is 64.3 Å². The van der Waals surface area contributed by atoms with Gasteiger partial charge < -0.3 is 15.8 Å². The molecule has 0 aliphatic rings. The van der Waals surface area contributed by atoms with E-state index in [4.69, 9.17) is 16.9 Å². The van der Waals surface area contributed by atoms with E-state index < -0.39 is 5.82 Å². The van der Waals surface area contributed by atoms with Gasteiger partial charge in [-0.3, -0.25) is 4.79 Å². The average Bonchev–Trinajstić information content (AvgIpc) is 2.33. The number of nitrogens with one attached hydrogen (secondary N) is 1. The van der Waals surface area contributed by atoms with E-state index >= 15 is 0 Å². The van der Waals surface area contributed by atoms with Crippen LogP contribution in [0, 0.1) is 18.2 Å². The van der Waals surface area contributed by atoms with E-state index in [0.717, 1.165) is 5.56 Å². The molecular formula is C13H15FN2O2. The van der Waals surface area contributed by atoms with Crippen LogP contribution >= 0.6 is 0 Å². The zero-order valence-corrected chi connectivity index (χ0v) is 9.91. The molecule has 0 aliphatic heterocycles. The summed E-state index contributed by atoms with van der Waals surface area (Å²) < 4.78 is 18.4. The molecule has 4 nitrogen and oxygen atoms in total. The lowest BCUT2D eigenvalue weighted by molar-refractivity contribution is -0.122. The molecule has 5 heteroatoms. The maximum Gasteiger partial charge on any atom is 0.258 e. The molecule has 0 saturated carbocycles. The van der Waals surface area contributed by atoms with Crippen LogP contribution in [0.15, 0.2) is 18.2 Å². The van der Waals surface area contributed by atoms with Gasteiger partial charge in [0.2, 0.25) is 0 Å². The molecule has 0 bridgehead atoms. The average molecular weight is 250 g/mol. The summed E-state index contributed by atoms with van der Waals surface area (Å²) in [6, 6.07) is 4.26. The van der Waals surface area contributed by atoms with Gasteiger partial charge in [0, 0.05) is 6.07 Å². The standard InChI is InChI=1S/C13H15FN2O2/c1-2-5-16-13(17)9-18-12-7-10(3-4-15)6-11(14)8-12/h1,6-8H,3-5,9,15H2,(H,16,17). The number of ether oxygens (including phenoxy) is 1. The SMILES string of the molecule is C#CCNC(=O)COc1cc(F)cc(CCN)c1. The number of nitrogens with two attached hydrogens (primary N) is 1. The van der Waals surface area contributed by atoms with Crippen LogP contribution in [0.2, 0.25) is 0 Å². The van der Waals surface area contributed by atoms with Crippen LogP contribution in [0.25, 0.3) is 0 Å². The van der Waals surface area contributed by atoms with Crippen molar-refractivity contribution >= 4 is 5.91 Å². The van der Waals surface area contributed by atoms with E-state index in [0.29, 0.717) is 18.7 Å². The van der Waals surface area contributed by atoms with Crippen molar-refractivity contribution in [2.75, 3.05) is 19.7 Å². The van der Waals surface area contributed by atoms with Crippen molar-refractivity contribution in [3.8, 4) is 18.1 Å². The van der Waals surface area contributed by atoms with Gasteiger partial charge in [0.1, 0.15) is 11.6 Å². The van der Waals surface area contributed by atoms with Gasteiger partial charge >= 0.3 is 0 Å². The molecule has 0 spiro atoms. The number of terminal acetylenes is 1. The molecule has 0 aliphatic carbocycles. The summed E-state index contributed by atoms with van der Waals surface area (Å²) in [6.07, 6.45) is 5.54. The van der Waals surface area contributed by atoms with Crippen LogP contribution in [-0.4, -0.2) is 25.6 Å². The van der Waals surface area contributed by atoms with Crippen LogP contribution in [0.5, 0.6) is 5.75 Å². The first-order valence-corrected chi connectivity index (χ1v) is 5.48. The Bertz CT molecular complexity index is 455. The fourth-order valence-corrected chi connectivity index (χ4v) is 1.36. The highest BCUT2D eigenvalue weighted by Crippen LogP contribution is 2.16. The first-order valence-electron chi connectivity index (χ1n) is 5.48. The molecular weight excluding hydrogens is 235 g/mol. The molecule has 0 saturated heterocycles. The lowest BCUT2D eigenvalue weighted by atomic mass is 10.1. The summed E-state index contributed by atoms with van der Waals surface area (Å²) in [5, 5.41) is 2.44. The van der Waals surface area contributed by atoms with Crippen molar-refractivity contribution in [3.63, 3.8) is 0 Å². The van der Waals surface area contributed by atoms with Crippen molar-refractivity contribution in [2.24, 2.45) is 5.73 Å². The van der Waals surface area contributed by atoms with E-state index in [-0.39, 0.29) is 19.1 Å². The number of carbonyl (C=O) groups excluding carboxylic acids is 1. The van der Waals surface area contributed by atoms with Gasteiger partial charge in [-0.1, -0.05) is 5.92 Å². The summed E-state index contributed by atoms with van der Waals surface area (Å²) in [4.78, 5) is 11.2. The Hall–Kier alpha value is -2.06. The highest BCUT2D eigenvalue weighted by Gasteiger charge is 2.04. The number of hydrogen-bond acceptors (Lipinski definition) is 3. The normalized spacial score (nSPS) is 9.61. The van der Waals surface area contributed by atoms with Crippen LogP contribution in [0.4, 0.5) is 4.39 Å². The van der Waals surface area contributed by atoms with Gasteiger partial charge in [-0.15, -0.1) is 6.42 Å². The molecule has 0 radical (unpaired) electrons.